The monoisotopic (exact) mass is 279 g/mol. The Labute approximate surface area is 118 Å². The molecule has 2 rings (SSSR count). The first kappa shape index (κ1) is 13.6. The van der Waals surface area contributed by atoms with Crippen molar-refractivity contribution in [2.24, 2.45) is 0 Å². The lowest BCUT2D eigenvalue weighted by atomic mass is 10.1. The molecule has 0 saturated carbocycles. The summed E-state index contributed by atoms with van der Waals surface area (Å²) >= 11 is 7.60. The lowest BCUT2D eigenvalue weighted by molar-refractivity contribution is 0.500. The molecule has 0 amide bonds. The lowest BCUT2D eigenvalue weighted by Crippen LogP contribution is -2.21. The fourth-order valence-corrected chi connectivity index (χ4v) is 3.04. The molecule has 0 aliphatic rings. The van der Waals surface area contributed by atoms with Crippen molar-refractivity contribution in [2.75, 3.05) is 0 Å². The molecule has 2 unspecified atom stereocenters. The Balaban J connectivity index is 2.02. The third-order valence-electron chi connectivity index (χ3n) is 3.10. The highest BCUT2D eigenvalue weighted by molar-refractivity contribution is 7.16. The van der Waals surface area contributed by atoms with Crippen LogP contribution in [0.4, 0.5) is 0 Å². The van der Waals surface area contributed by atoms with Gasteiger partial charge in [-0.25, -0.2) is 0 Å². The van der Waals surface area contributed by atoms with Gasteiger partial charge in [0.1, 0.15) is 0 Å². The van der Waals surface area contributed by atoms with Crippen molar-refractivity contribution in [3.63, 3.8) is 0 Å². The van der Waals surface area contributed by atoms with E-state index in [-0.39, 0.29) is 0 Å². The molecule has 2 atom stereocenters. The van der Waals surface area contributed by atoms with Crippen LogP contribution >= 0.6 is 22.9 Å². The van der Waals surface area contributed by atoms with Gasteiger partial charge in [-0.05, 0) is 38.5 Å². The largest absolute Gasteiger partial charge is 0.303 e. The van der Waals surface area contributed by atoms with Crippen LogP contribution in [0.3, 0.4) is 0 Å². The quantitative estimate of drug-likeness (QED) is 0.819. The summed E-state index contributed by atoms with van der Waals surface area (Å²) in [6, 6.07) is 13.4. The molecule has 1 N–H and O–H groups in total. The predicted octanol–water partition coefficient (Wildman–Crippen LogP) is 5.12. The number of hydrogen-bond acceptors (Lipinski definition) is 2. The zero-order chi connectivity index (χ0) is 13.1. The van der Waals surface area contributed by atoms with Crippen molar-refractivity contribution in [1.82, 2.24) is 5.32 Å². The van der Waals surface area contributed by atoms with Crippen LogP contribution in [0.1, 0.15) is 41.9 Å². The highest BCUT2D eigenvalue weighted by Gasteiger charge is 2.12. The number of nitrogens with one attached hydrogen (secondary N) is 1. The van der Waals surface area contributed by atoms with Crippen LogP contribution in [0.15, 0.2) is 36.4 Å². The molecule has 0 spiro atoms. The van der Waals surface area contributed by atoms with Crippen molar-refractivity contribution in [2.45, 2.75) is 32.9 Å². The lowest BCUT2D eigenvalue weighted by Gasteiger charge is -2.19. The van der Waals surface area contributed by atoms with E-state index >= 15 is 0 Å². The van der Waals surface area contributed by atoms with Gasteiger partial charge in [0.25, 0.3) is 0 Å². The first-order valence-corrected chi connectivity index (χ1v) is 7.33. The van der Waals surface area contributed by atoms with Crippen LogP contribution in [0.2, 0.25) is 4.34 Å². The minimum absolute atomic E-state index is 0.318. The minimum Gasteiger partial charge on any atom is -0.303 e. The van der Waals surface area contributed by atoms with Gasteiger partial charge in [-0.1, -0.05) is 41.4 Å². The van der Waals surface area contributed by atoms with Crippen LogP contribution in [0.25, 0.3) is 0 Å². The Bertz CT molecular complexity index is 503. The first-order valence-electron chi connectivity index (χ1n) is 6.14. The summed E-state index contributed by atoms with van der Waals surface area (Å²) in [7, 11) is 0. The summed E-state index contributed by atoms with van der Waals surface area (Å²) in [5.74, 6) is 0. The van der Waals surface area contributed by atoms with Crippen LogP contribution in [0, 0.1) is 6.92 Å². The molecule has 0 saturated heterocycles. The Hall–Kier alpha value is -0.830. The molecule has 1 heterocycles. The molecule has 0 bridgehead atoms. The van der Waals surface area contributed by atoms with Gasteiger partial charge in [-0.15, -0.1) is 11.3 Å². The Morgan fingerprint density at radius 1 is 1.00 bits per heavy atom. The molecular formula is C15H18ClNS. The maximum Gasteiger partial charge on any atom is 0.0931 e. The molecule has 0 radical (unpaired) electrons. The average Bonchev–Trinajstić information content (AvgIpc) is 2.76. The molecule has 96 valence electrons. The topological polar surface area (TPSA) is 12.0 Å². The third kappa shape index (κ3) is 3.35. The molecule has 0 aliphatic carbocycles. The van der Waals surface area contributed by atoms with Gasteiger partial charge < -0.3 is 5.32 Å². The van der Waals surface area contributed by atoms with Crippen molar-refractivity contribution in [3.05, 3.63) is 56.7 Å². The van der Waals surface area contributed by atoms with Crippen LogP contribution in [-0.4, -0.2) is 0 Å². The zero-order valence-corrected chi connectivity index (χ0v) is 12.5. The molecule has 1 aromatic carbocycles. The third-order valence-corrected chi connectivity index (χ3v) is 4.51. The highest BCUT2D eigenvalue weighted by atomic mass is 35.5. The molecule has 2 aromatic rings. The summed E-state index contributed by atoms with van der Waals surface area (Å²) in [6.45, 7) is 6.47. The summed E-state index contributed by atoms with van der Waals surface area (Å²) in [4.78, 5) is 1.28. The standard InChI is InChI=1S/C15H18ClNS/c1-10-4-6-13(7-5-10)11(2)17-12(3)14-8-9-15(16)18-14/h4-9,11-12,17H,1-3H3. The Morgan fingerprint density at radius 2 is 1.67 bits per heavy atom. The van der Waals surface area contributed by atoms with Crippen molar-refractivity contribution >= 4 is 22.9 Å². The van der Waals surface area contributed by atoms with Crippen LogP contribution < -0.4 is 5.32 Å². The molecule has 3 heteroatoms. The number of aryl methyl sites for hydroxylation is 1. The number of halogens is 1. The number of rotatable bonds is 4. The molecular weight excluding hydrogens is 262 g/mol. The summed E-state index contributed by atoms with van der Waals surface area (Å²) in [6.07, 6.45) is 0. The SMILES string of the molecule is Cc1ccc(C(C)NC(C)c2ccc(Cl)s2)cc1. The number of benzene rings is 1. The molecule has 18 heavy (non-hydrogen) atoms. The van der Waals surface area contributed by atoms with Gasteiger partial charge in [0, 0.05) is 17.0 Å². The van der Waals surface area contributed by atoms with Crippen molar-refractivity contribution in [1.29, 1.82) is 0 Å². The second kappa shape index (κ2) is 5.87. The molecule has 1 nitrogen and oxygen atoms in total. The summed E-state index contributed by atoms with van der Waals surface area (Å²) < 4.78 is 0.849. The molecule has 0 aliphatic heterocycles. The van der Waals surface area contributed by atoms with Crippen molar-refractivity contribution < 1.29 is 0 Å². The van der Waals surface area contributed by atoms with Gasteiger partial charge in [-0.2, -0.15) is 0 Å². The second-order valence-corrected chi connectivity index (χ2v) is 6.41. The second-order valence-electron chi connectivity index (χ2n) is 4.66. The van der Waals surface area contributed by atoms with E-state index in [1.165, 1.54) is 16.0 Å². The fourth-order valence-electron chi connectivity index (χ4n) is 1.97. The van der Waals surface area contributed by atoms with Gasteiger partial charge in [0.05, 0.1) is 4.34 Å². The van der Waals surface area contributed by atoms with Gasteiger partial charge in [-0.3, -0.25) is 0 Å². The fraction of sp³-hybridized carbons (Fsp3) is 0.333. The maximum atomic E-state index is 5.97. The number of hydrogen-bond donors (Lipinski definition) is 1. The van der Waals surface area contributed by atoms with Crippen LogP contribution in [-0.2, 0) is 0 Å². The molecule has 1 aromatic heterocycles. The van der Waals surface area contributed by atoms with E-state index in [1.54, 1.807) is 11.3 Å². The van der Waals surface area contributed by atoms with E-state index < -0.39 is 0 Å². The van der Waals surface area contributed by atoms with Gasteiger partial charge in [0.15, 0.2) is 0 Å². The minimum atomic E-state index is 0.318. The van der Waals surface area contributed by atoms with Crippen LogP contribution in [0.5, 0.6) is 0 Å². The van der Waals surface area contributed by atoms with E-state index in [1.807, 2.05) is 6.07 Å². The summed E-state index contributed by atoms with van der Waals surface area (Å²) in [5, 5.41) is 3.60. The predicted molar refractivity (Wildman–Crippen MR) is 80.5 cm³/mol. The van der Waals surface area contributed by atoms with Gasteiger partial charge >= 0.3 is 0 Å². The van der Waals surface area contributed by atoms with E-state index in [0.29, 0.717) is 12.1 Å². The van der Waals surface area contributed by atoms with E-state index in [9.17, 15) is 0 Å². The Kier molecular flexibility index (Phi) is 4.44. The summed E-state index contributed by atoms with van der Waals surface area (Å²) in [5.41, 5.74) is 2.61. The van der Waals surface area contributed by atoms with Gasteiger partial charge in [0.2, 0.25) is 0 Å². The first-order chi connectivity index (χ1) is 8.56. The highest BCUT2D eigenvalue weighted by Crippen LogP contribution is 2.28. The smallest absolute Gasteiger partial charge is 0.0931 e. The number of thiophene rings is 1. The van der Waals surface area contributed by atoms with E-state index in [2.05, 4.69) is 56.4 Å². The van der Waals surface area contributed by atoms with Crippen molar-refractivity contribution in [3.8, 4) is 0 Å². The Morgan fingerprint density at radius 3 is 2.22 bits per heavy atom. The maximum absolute atomic E-state index is 5.97. The van der Waals surface area contributed by atoms with E-state index in [0.717, 1.165) is 4.34 Å². The molecule has 0 fully saturated rings. The zero-order valence-electron chi connectivity index (χ0n) is 10.9. The normalized spacial score (nSPS) is 14.4. The van der Waals surface area contributed by atoms with E-state index in [4.69, 9.17) is 11.6 Å². The average molecular weight is 280 g/mol.